The molecular formula is C45H39ClN8O5S2. The Labute approximate surface area is 361 Å². The molecule has 0 saturated heterocycles. The van der Waals surface area contributed by atoms with Crippen molar-refractivity contribution in [2.45, 2.75) is 58.0 Å². The van der Waals surface area contributed by atoms with Gasteiger partial charge in [-0.15, -0.1) is 21.5 Å². The van der Waals surface area contributed by atoms with Gasteiger partial charge in [0.2, 0.25) is 0 Å². The van der Waals surface area contributed by atoms with Crippen LogP contribution in [0.5, 0.6) is 0 Å². The van der Waals surface area contributed by atoms with E-state index >= 15 is 0 Å². The molecule has 61 heavy (non-hydrogen) atoms. The minimum absolute atomic E-state index is 0.00957. The summed E-state index contributed by atoms with van der Waals surface area (Å²) in [5.74, 6) is 0.500. The summed E-state index contributed by atoms with van der Waals surface area (Å²) in [6.45, 7) is 8.14. The average molecular weight is 871 g/mol. The standard InChI is InChI=1S/C45H39ClN8O5S2/c1-6-28-14-18-36(42-40(28)32(21-47)23-48-42)53-61(57,58)33-15-7-27(8-16-33)22-49-44(56)34-17-13-31(19-35(34)46)29-9-11-30(12-10-29)41-39-24(2)25(3)60-45(39)54-26(4)51-52-43(54)37(50-41)20-38(55)59-5/h7-19,23,37,48,53H,6,20,22H2,1-5H3,(H,49,56)/t37-/m0/s1. The number of nitrogens with zero attached hydrogens (tertiary/aromatic N) is 5. The van der Waals surface area contributed by atoms with Crippen LogP contribution in [-0.2, 0) is 32.5 Å². The number of aryl methyl sites for hydroxylation is 3. The molecule has 1 aliphatic heterocycles. The summed E-state index contributed by atoms with van der Waals surface area (Å²) in [4.78, 5) is 35.1. The van der Waals surface area contributed by atoms with Gasteiger partial charge in [-0.1, -0.05) is 67.1 Å². The van der Waals surface area contributed by atoms with Crippen molar-refractivity contribution in [3.63, 3.8) is 0 Å². The predicted molar refractivity (Wildman–Crippen MR) is 236 cm³/mol. The van der Waals surface area contributed by atoms with Crippen LogP contribution in [0.2, 0.25) is 5.02 Å². The van der Waals surface area contributed by atoms with Gasteiger partial charge >= 0.3 is 5.97 Å². The number of aliphatic imine (C=N–C) groups is 1. The largest absolute Gasteiger partial charge is 0.469 e. The second-order valence-corrected chi connectivity index (χ2v) is 17.9. The van der Waals surface area contributed by atoms with Gasteiger partial charge in [0, 0.05) is 34.1 Å². The summed E-state index contributed by atoms with van der Waals surface area (Å²) in [7, 11) is -2.61. The number of ether oxygens (including phenoxy) is 1. The van der Waals surface area contributed by atoms with Crippen LogP contribution in [0.15, 0.2) is 94.9 Å². The first-order chi connectivity index (χ1) is 29.3. The number of benzene rings is 4. The fourth-order valence-corrected chi connectivity index (χ4v) is 10.1. The molecule has 8 rings (SSSR count). The third-order valence-corrected chi connectivity index (χ3v) is 13.8. The van der Waals surface area contributed by atoms with Crippen LogP contribution in [0, 0.1) is 32.1 Å². The molecule has 0 unspecified atom stereocenters. The number of amides is 1. The molecular weight excluding hydrogens is 832 g/mol. The zero-order valence-corrected chi connectivity index (χ0v) is 36.1. The van der Waals surface area contributed by atoms with E-state index in [1.54, 1.807) is 47.9 Å². The molecule has 0 saturated carbocycles. The molecule has 1 amide bonds. The summed E-state index contributed by atoms with van der Waals surface area (Å²) in [5.41, 5.74) is 8.57. The van der Waals surface area contributed by atoms with Crippen LogP contribution in [0.25, 0.3) is 27.0 Å². The summed E-state index contributed by atoms with van der Waals surface area (Å²) in [5, 5.41) is 23.1. The number of fused-ring (bicyclic) bond motifs is 4. The Morgan fingerprint density at radius 1 is 0.984 bits per heavy atom. The minimum atomic E-state index is -3.97. The number of methoxy groups -OCH3 is 1. The highest BCUT2D eigenvalue weighted by atomic mass is 35.5. The number of rotatable bonds is 11. The molecule has 0 bridgehead atoms. The number of sulfonamides is 1. The van der Waals surface area contributed by atoms with Gasteiger partial charge in [0.15, 0.2) is 5.82 Å². The molecule has 4 heterocycles. The Morgan fingerprint density at radius 3 is 2.39 bits per heavy atom. The molecule has 1 aliphatic rings. The van der Waals surface area contributed by atoms with Gasteiger partial charge in [0.05, 0.1) is 51.5 Å². The Bertz CT molecular complexity index is 3070. The summed E-state index contributed by atoms with van der Waals surface area (Å²) >= 11 is 8.33. The van der Waals surface area contributed by atoms with Crippen molar-refractivity contribution < 1.29 is 22.7 Å². The van der Waals surface area contributed by atoms with Crippen LogP contribution < -0.4 is 10.0 Å². The van der Waals surface area contributed by atoms with Crippen molar-refractivity contribution in [3.05, 3.63) is 146 Å². The fourth-order valence-electron chi connectivity index (χ4n) is 7.52. The van der Waals surface area contributed by atoms with Crippen molar-refractivity contribution in [1.82, 2.24) is 25.1 Å². The highest BCUT2D eigenvalue weighted by molar-refractivity contribution is 7.92. The van der Waals surface area contributed by atoms with Crippen LogP contribution >= 0.6 is 22.9 Å². The number of aromatic nitrogens is 4. The lowest BCUT2D eigenvalue weighted by molar-refractivity contribution is -0.141. The van der Waals surface area contributed by atoms with Gasteiger partial charge in [0.1, 0.15) is 22.9 Å². The second-order valence-electron chi connectivity index (χ2n) is 14.6. The normalized spacial score (nSPS) is 13.5. The first kappa shape index (κ1) is 41.1. The monoisotopic (exact) mass is 870 g/mol. The van der Waals surface area contributed by atoms with E-state index in [0.717, 1.165) is 49.0 Å². The number of thiophene rings is 1. The Balaban J connectivity index is 0.961. The van der Waals surface area contributed by atoms with Gasteiger partial charge in [-0.2, -0.15) is 5.26 Å². The first-order valence-electron chi connectivity index (χ1n) is 19.3. The third-order valence-electron chi connectivity index (χ3n) is 10.9. The highest BCUT2D eigenvalue weighted by Gasteiger charge is 2.32. The second kappa shape index (κ2) is 16.5. The van der Waals surface area contributed by atoms with E-state index in [1.165, 1.54) is 19.2 Å². The van der Waals surface area contributed by atoms with Crippen molar-refractivity contribution in [2.24, 2.45) is 4.99 Å². The quantitative estimate of drug-likeness (QED) is 0.108. The van der Waals surface area contributed by atoms with Gasteiger partial charge in [-0.3, -0.25) is 23.9 Å². The molecule has 13 nitrogen and oxygen atoms in total. The van der Waals surface area contributed by atoms with E-state index in [1.807, 2.05) is 54.8 Å². The van der Waals surface area contributed by atoms with Crippen LogP contribution in [-0.4, -0.2) is 52.9 Å². The zero-order valence-electron chi connectivity index (χ0n) is 33.8. The number of halogens is 1. The average Bonchev–Trinajstić information content (AvgIpc) is 3.93. The zero-order chi connectivity index (χ0) is 43.2. The van der Waals surface area contributed by atoms with Gasteiger partial charge in [-0.25, -0.2) is 8.42 Å². The van der Waals surface area contributed by atoms with Crippen molar-refractivity contribution in [2.75, 3.05) is 11.8 Å². The fraction of sp³-hybridized carbons (Fsp3) is 0.200. The number of nitriles is 1. The number of anilines is 1. The van der Waals surface area contributed by atoms with E-state index in [2.05, 4.69) is 45.1 Å². The number of carbonyl (C=O) groups excluding carboxylic acids is 2. The number of hydrogen-bond donors (Lipinski definition) is 3. The van der Waals surface area contributed by atoms with Gasteiger partial charge < -0.3 is 15.0 Å². The molecule has 0 aliphatic carbocycles. The molecule has 3 aromatic heterocycles. The summed E-state index contributed by atoms with van der Waals surface area (Å²) in [6.07, 6.45) is 2.27. The molecule has 308 valence electrons. The van der Waals surface area contributed by atoms with E-state index in [-0.39, 0.29) is 34.4 Å². The molecule has 1 atom stereocenters. The van der Waals surface area contributed by atoms with E-state index < -0.39 is 22.0 Å². The van der Waals surface area contributed by atoms with E-state index in [9.17, 15) is 23.3 Å². The van der Waals surface area contributed by atoms with E-state index in [0.29, 0.717) is 45.8 Å². The van der Waals surface area contributed by atoms with Crippen molar-refractivity contribution >= 4 is 67.1 Å². The molecule has 0 spiro atoms. The molecule has 0 radical (unpaired) electrons. The number of hydrogen-bond acceptors (Lipinski definition) is 10. The lowest BCUT2D eigenvalue weighted by Crippen LogP contribution is -2.23. The smallest absolute Gasteiger partial charge is 0.308 e. The molecule has 16 heteroatoms. The summed E-state index contributed by atoms with van der Waals surface area (Å²) in [6, 6.07) is 24.4. The number of aromatic amines is 1. The maximum absolute atomic E-state index is 13.4. The predicted octanol–water partition coefficient (Wildman–Crippen LogP) is 8.68. The van der Waals surface area contributed by atoms with Gasteiger partial charge in [0.25, 0.3) is 15.9 Å². The molecule has 7 aromatic rings. The van der Waals surface area contributed by atoms with Crippen LogP contribution in [0.4, 0.5) is 5.69 Å². The SMILES string of the molecule is CCc1ccc(NS(=O)(=O)c2ccc(CNC(=O)c3ccc(-c4ccc(C5=N[C@@H](CC(=O)OC)c6nnc(C)n6-c6sc(C)c(C)c65)cc4)cc3Cl)cc2)c2[nH]cc(C#N)c12. The van der Waals surface area contributed by atoms with Crippen molar-refractivity contribution in [1.29, 1.82) is 5.26 Å². The maximum Gasteiger partial charge on any atom is 0.308 e. The number of nitrogens with one attached hydrogen (secondary N) is 3. The Hall–Kier alpha value is -6.60. The lowest BCUT2D eigenvalue weighted by atomic mass is 9.96. The third kappa shape index (κ3) is 7.70. The molecule has 4 aromatic carbocycles. The van der Waals surface area contributed by atoms with Crippen molar-refractivity contribution in [3.8, 4) is 22.2 Å². The number of carbonyl (C=O) groups is 2. The molecule has 3 N–H and O–H groups in total. The highest BCUT2D eigenvalue weighted by Crippen LogP contribution is 2.40. The Morgan fingerprint density at radius 2 is 1.70 bits per heavy atom. The van der Waals surface area contributed by atoms with Crippen LogP contribution in [0.1, 0.15) is 79.7 Å². The molecule has 0 fully saturated rings. The Kier molecular flexibility index (Phi) is 11.1. The van der Waals surface area contributed by atoms with Gasteiger partial charge in [-0.05, 0) is 85.3 Å². The maximum atomic E-state index is 13.4. The lowest BCUT2D eigenvalue weighted by Gasteiger charge is -2.13. The number of esters is 1. The van der Waals surface area contributed by atoms with E-state index in [4.69, 9.17) is 21.3 Å². The summed E-state index contributed by atoms with van der Waals surface area (Å²) < 4.78 is 36.4. The topological polar surface area (TPSA) is 184 Å². The minimum Gasteiger partial charge on any atom is -0.469 e. The van der Waals surface area contributed by atoms with Crippen LogP contribution in [0.3, 0.4) is 0 Å². The number of H-pyrrole nitrogens is 1. The first-order valence-corrected chi connectivity index (χ1v) is 22.0.